The van der Waals surface area contributed by atoms with Gasteiger partial charge in [-0.3, -0.25) is 4.90 Å². The van der Waals surface area contributed by atoms with Crippen molar-refractivity contribution in [2.45, 2.75) is 18.0 Å². The van der Waals surface area contributed by atoms with Crippen molar-refractivity contribution < 1.29 is 19.4 Å². The zero-order valence-electron chi connectivity index (χ0n) is 10.6. The summed E-state index contributed by atoms with van der Waals surface area (Å²) >= 11 is 0. The van der Waals surface area contributed by atoms with Gasteiger partial charge in [-0.05, 0) is 12.0 Å². The number of carbonyl (C=O) groups excluding carboxylic acids is 1. The molecule has 2 heterocycles. The van der Waals surface area contributed by atoms with Crippen LogP contribution in [0.25, 0.3) is 0 Å². The number of aliphatic hydroxyl groups is 1. The normalized spacial score (nSPS) is 30.1. The van der Waals surface area contributed by atoms with Crippen molar-refractivity contribution in [3.05, 3.63) is 35.9 Å². The number of cyclic esters (lactones) is 1. The highest BCUT2D eigenvalue weighted by atomic mass is 16.6. The molecule has 2 aliphatic heterocycles. The molecule has 1 N–H and O–H groups in total. The van der Waals surface area contributed by atoms with Gasteiger partial charge in [0.15, 0.2) is 0 Å². The lowest BCUT2D eigenvalue weighted by atomic mass is 9.95. The standard InChI is InChI=1S/C14H17NO4/c16-8-14-9-18-7-12(15(14)13(17)19-10-14)6-11-4-2-1-3-5-11/h1-5,12,16H,6-10H2/t12-,14?/m0/s1. The third kappa shape index (κ3) is 2.09. The Kier molecular flexibility index (Phi) is 3.16. The highest BCUT2D eigenvalue weighted by Crippen LogP contribution is 2.32. The molecule has 2 atom stereocenters. The average Bonchev–Trinajstić information content (AvgIpc) is 2.79. The van der Waals surface area contributed by atoms with Crippen LogP contribution < -0.4 is 0 Å². The number of morpholine rings is 1. The molecule has 1 aromatic rings. The second kappa shape index (κ2) is 4.83. The second-order valence-corrected chi connectivity index (χ2v) is 5.17. The number of hydrogen-bond donors (Lipinski definition) is 1. The molecular weight excluding hydrogens is 246 g/mol. The zero-order chi connectivity index (χ0) is 13.3. The number of rotatable bonds is 3. The fourth-order valence-corrected chi connectivity index (χ4v) is 2.84. The van der Waals surface area contributed by atoms with E-state index < -0.39 is 5.54 Å². The molecule has 0 aliphatic carbocycles. The van der Waals surface area contributed by atoms with E-state index in [0.29, 0.717) is 19.6 Å². The number of hydrogen-bond acceptors (Lipinski definition) is 4. The maximum Gasteiger partial charge on any atom is 0.410 e. The molecule has 2 fully saturated rings. The van der Waals surface area contributed by atoms with E-state index in [1.165, 1.54) is 0 Å². The highest BCUT2D eigenvalue weighted by Gasteiger charge is 2.53. The molecular formula is C14H17NO4. The predicted molar refractivity (Wildman–Crippen MR) is 67.8 cm³/mol. The van der Waals surface area contributed by atoms with Gasteiger partial charge >= 0.3 is 6.09 Å². The molecule has 0 bridgehead atoms. The van der Waals surface area contributed by atoms with Crippen LogP contribution in [0.15, 0.2) is 30.3 Å². The Morgan fingerprint density at radius 3 is 2.84 bits per heavy atom. The van der Waals surface area contributed by atoms with Gasteiger partial charge in [-0.1, -0.05) is 30.3 Å². The summed E-state index contributed by atoms with van der Waals surface area (Å²) in [6.45, 7) is 0.879. The number of fused-ring (bicyclic) bond motifs is 1. The zero-order valence-corrected chi connectivity index (χ0v) is 10.6. The molecule has 1 amide bonds. The van der Waals surface area contributed by atoms with E-state index in [1.807, 2.05) is 30.3 Å². The number of carbonyl (C=O) groups is 1. The van der Waals surface area contributed by atoms with Gasteiger partial charge in [0.25, 0.3) is 0 Å². The van der Waals surface area contributed by atoms with E-state index in [2.05, 4.69) is 0 Å². The molecule has 3 rings (SSSR count). The van der Waals surface area contributed by atoms with Crippen molar-refractivity contribution >= 4 is 6.09 Å². The summed E-state index contributed by atoms with van der Waals surface area (Å²) in [6.07, 6.45) is 0.357. The molecule has 5 nitrogen and oxygen atoms in total. The Bertz CT molecular complexity index is 464. The third-order valence-electron chi connectivity index (χ3n) is 3.83. The summed E-state index contributed by atoms with van der Waals surface area (Å²) in [5.41, 5.74) is 0.443. The van der Waals surface area contributed by atoms with Gasteiger partial charge in [0.05, 0.1) is 25.9 Å². The first-order valence-electron chi connectivity index (χ1n) is 6.44. The van der Waals surface area contributed by atoms with E-state index in [4.69, 9.17) is 9.47 Å². The molecule has 1 unspecified atom stereocenters. The monoisotopic (exact) mass is 263 g/mol. The van der Waals surface area contributed by atoms with Crippen LogP contribution in [0, 0.1) is 0 Å². The number of benzene rings is 1. The first kappa shape index (κ1) is 12.4. The Hall–Kier alpha value is -1.59. The van der Waals surface area contributed by atoms with Crippen molar-refractivity contribution in [3.63, 3.8) is 0 Å². The maximum absolute atomic E-state index is 11.9. The molecule has 2 saturated heterocycles. The molecule has 0 spiro atoms. The number of ether oxygens (including phenoxy) is 2. The summed E-state index contributed by atoms with van der Waals surface area (Å²) in [6, 6.07) is 9.87. The van der Waals surface area contributed by atoms with Crippen LogP contribution in [-0.2, 0) is 15.9 Å². The van der Waals surface area contributed by atoms with Crippen LogP contribution >= 0.6 is 0 Å². The third-order valence-corrected chi connectivity index (χ3v) is 3.83. The van der Waals surface area contributed by atoms with Gasteiger partial charge in [0.2, 0.25) is 0 Å². The minimum Gasteiger partial charge on any atom is -0.447 e. The van der Waals surface area contributed by atoms with E-state index >= 15 is 0 Å². The topological polar surface area (TPSA) is 59.0 Å². The lowest BCUT2D eigenvalue weighted by Gasteiger charge is -2.43. The predicted octanol–water partition coefficient (Wildman–Crippen LogP) is 0.811. The van der Waals surface area contributed by atoms with Crippen LogP contribution in [0.3, 0.4) is 0 Å². The van der Waals surface area contributed by atoms with E-state index in [0.717, 1.165) is 5.56 Å². The van der Waals surface area contributed by atoms with Crippen molar-refractivity contribution in [3.8, 4) is 0 Å². The van der Waals surface area contributed by atoms with Gasteiger partial charge in [-0.15, -0.1) is 0 Å². The molecule has 102 valence electrons. The quantitative estimate of drug-likeness (QED) is 0.876. The lowest BCUT2D eigenvalue weighted by molar-refractivity contribution is -0.0822. The van der Waals surface area contributed by atoms with Gasteiger partial charge in [-0.2, -0.15) is 0 Å². The highest BCUT2D eigenvalue weighted by molar-refractivity contribution is 5.72. The van der Waals surface area contributed by atoms with E-state index in [9.17, 15) is 9.90 Å². The average molecular weight is 263 g/mol. The van der Waals surface area contributed by atoms with Crippen LogP contribution in [-0.4, -0.2) is 54.1 Å². The molecule has 1 aromatic carbocycles. The first-order chi connectivity index (χ1) is 9.25. The van der Waals surface area contributed by atoms with Crippen LogP contribution in [0.5, 0.6) is 0 Å². The van der Waals surface area contributed by atoms with Crippen LogP contribution in [0.1, 0.15) is 5.56 Å². The summed E-state index contributed by atoms with van der Waals surface area (Å²) in [4.78, 5) is 13.6. The minimum atomic E-state index is -0.700. The lowest BCUT2D eigenvalue weighted by Crippen LogP contribution is -2.62. The number of nitrogens with zero attached hydrogens (tertiary/aromatic N) is 1. The summed E-state index contributed by atoms with van der Waals surface area (Å²) < 4.78 is 10.7. The summed E-state index contributed by atoms with van der Waals surface area (Å²) in [5, 5.41) is 9.60. The van der Waals surface area contributed by atoms with Crippen molar-refractivity contribution in [2.24, 2.45) is 0 Å². The molecule has 19 heavy (non-hydrogen) atoms. The fourth-order valence-electron chi connectivity index (χ4n) is 2.84. The number of amides is 1. The molecule has 2 aliphatic rings. The Balaban J connectivity index is 1.83. The summed E-state index contributed by atoms with van der Waals surface area (Å²) in [7, 11) is 0. The van der Waals surface area contributed by atoms with Crippen molar-refractivity contribution in [1.82, 2.24) is 4.90 Å². The van der Waals surface area contributed by atoms with E-state index in [-0.39, 0.29) is 25.3 Å². The van der Waals surface area contributed by atoms with Gasteiger partial charge in [-0.25, -0.2) is 4.79 Å². The first-order valence-corrected chi connectivity index (χ1v) is 6.44. The molecule has 0 radical (unpaired) electrons. The molecule has 5 heteroatoms. The van der Waals surface area contributed by atoms with Gasteiger partial charge in [0, 0.05) is 0 Å². The van der Waals surface area contributed by atoms with Crippen molar-refractivity contribution in [2.75, 3.05) is 26.4 Å². The smallest absolute Gasteiger partial charge is 0.410 e. The van der Waals surface area contributed by atoms with Crippen LogP contribution in [0.2, 0.25) is 0 Å². The fraction of sp³-hybridized carbons (Fsp3) is 0.500. The summed E-state index contributed by atoms with van der Waals surface area (Å²) in [5.74, 6) is 0. The Labute approximate surface area is 111 Å². The Morgan fingerprint density at radius 2 is 2.11 bits per heavy atom. The molecule has 0 saturated carbocycles. The van der Waals surface area contributed by atoms with Crippen LogP contribution in [0.4, 0.5) is 4.79 Å². The second-order valence-electron chi connectivity index (χ2n) is 5.17. The van der Waals surface area contributed by atoms with Gasteiger partial charge < -0.3 is 14.6 Å². The molecule has 0 aromatic heterocycles. The SMILES string of the molecule is O=C1OCC2(CO)COC[C@H](Cc3ccccc3)N12. The van der Waals surface area contributed by atoms with E-state index in [1.54, 1.807) is 4.90 Å². The Morgan fingerprint density at radius 1 is 1.32 bits per heavy atom. The van der Waals surface area contributed by atoms with Crippen molar-refractivity contribution in [1.29, 1.82) is 0 Å². The maximum atomic E-state index is 11.9. The van der Waals surface area contributed by atoms with Gasteiger partial charge in [0.1, 0.15) is 12.1 Å². The largest absolute Gasteiger partial charge is 0.447 e. The minimum absolute atomic E-state index is 0.0849. The number of aliphatic hydroxyl groups excluding tert-OH is 1.